The van der Waals surface area contributed by atoms with Crippen LogP contribution in [-0.4, -0.2) is 29.1 Å². The molecule has 5 nitrogen and oxygen atoms in total. The summed E-state index contributed by atoms with van der Waals surface area (Å²) in [6.45, 7) is 4.75. The van der Waals surface area contributed by atoms with E-state index in [4.69, 9.17) is 4.74 Å². The normalized spacial score (nSPS) is 24.7. The number of aromatic nitrogens is 1. The Morgan fingerprint density at radius 2 is 1.83 bits per heavy atom. The van der Waals surface area contributed by atoms with Crippen LogP contribution in [0.2, 0.25) is 0 Å². The Hall–Kier alpha value is -3.29. The molecule has 1 atom stereocenters. The number of ether oxygens (including phenoxy) is 1. The number of carbonyl (C=O) groups excluding carboxylic acids is 2. The number of methoxy groups -OCH3 is 1. The third-order valence-corrected chi connectivity index (χ3v) is 8.42. The number of nitrogens with zero attached hydrogens (tertiary/aromatic N) is 1. The molecular weight excluding hydrogens is 469 g/mol. The molecule has 6 rings (SSSR count). The first-order valence-electron chi connectivity index (χ1n) is 12.2. The molecule has 0 radical (unpaired) electrons. The Bertz CT molecular complexity index is 1330. The minimum atomic E-state index is -4.38. The van der Waals surface area contributed by atoms with E-state index in [2.05, 4.69) is 12.2 Å². The number of aryl methyl sites for hydroxylation is 1. The molecule has 0 aliphatic heterocycles. The fourth-order valence-corrected chi connectivity index (χ4v) is 6.31. The first-order chi connectivity index (χ1) is 17.0. The maximum atomic E-state index is 13.6. The predicted molar refractivity (Wildman–Crippen MR) is 130 cm³/mol. The second-order valence-electron chi connectivity index (χ2n) is 10.3. The van der Waals surface area contributed by atoms with Crippen LogP contribution in [0.25, 0.3) is 10.9 Å². The molecule has 3 aromatic rings. The molecule has 1 aromatic heterocycles. The van der Waals surface area contributed by atoms with Gasteiger partial charge >= 0.3 is 12.1 Å². The summed E-state index contributed by atoms with van der Waals surface area (Å²) in [4.78, 5) is 25.4. The number of halogens is 3. The number of amides is 1. The number of carbonyl (C=O) groups is 2. The van der Waals surface area contributed by atoms with Crippen molar-refractivity contribution in [2.24, 2.45) is 11.3 Å². The highest BCUT2D eigenvalue weighted by Gasteiger charge is 2.74. The number of benzene rings is 2. The van der Waals surface area contributed by atoms with Gasteiger partial charge in [-0.3, -0.25) is 9.59 Å². The number of hydrogen-bond donors (Lipinski definition) is 1. The third-order valence-electron chi connectivity index (χ3n) is 8.42. The molecule has 2 bridgehead atoms. The van der Waals surface area contributed by atoms with E-state index in [-0.39, 0.29) is 28.7 Å². The van der Waals surface area contributed by atoms with Gasteiger partial charge in [-0.25, -0.2) is 0 Å². The Morgan fingerprint density at radius 1 is 1.14 bits per heavy atom. The van der Waals surface area contributed by atoms with Crippen molar-refractivity contribution >= 4 is 22.8 Å². The van der Waals surface area contributed by atoms with Crippen LogP contribution in [0.3, 0.4) is 0 Å². The van der Waals surface area contributed by atoms with Crippen LogP contribution in [0.4, 0.5) is 13.2 Å². The molecule has 1 amide bonds. The lowest BCUT2D eigenvalue weighted by Gasteiger charge is -2.75. The Morgan fingerprint density at radius 3 is 2.42 bits per heavy atom. The van der Waals surface area contributed by atoms with Gasteiger partial charge in [-0.05, 0) is 66.8 Å². The third kappa shape index (κ3) is 3.78. The van der Waals surface area contributed by atoms with Gasteiger partial charge < -0.3 is 14.6 Å². The fourth-order valence-electron chi connectivity index (χ4n) is 6.31. The molecule has 0 saturated heterocycles. The van der Waals surface area contributed by atoms with Crippen molar-refractivity contribution in [2.75, 3.05) is 7.11 Å². The van der Waals surface area contributed by atoms with Gasteiger partial charge in [0.2, 0.25) is 0 Å². The SMILES string of the molecule is CCn1cc(C(=O)NC23CC(CC(=O)OC)(C2)[C@@H]3C)c2c(Cc3ccc(C(F)(F)F)cc3)cccc21. The molecule has 3 aliphatic carbocycles. The summed E-state index contributed by atoms with van der Waals surface area (Å²) in [6.07, 6.45) is -0.228. The Balaban J connectivity index is 1.41. The minimum absolute atomic E-state index is 0.0917. The van der Waals surface area contributed by atoms with Crippen LogP contribution in [0, 0.1) is 11.3 Å². The van der Waals surface area contributed by atoms with Gasteiger partial charge in [0.25, 0.3) is 5.91 Å². The van der Waals surface area contributed by atoms with E-state index in [9.17, 15) is 22.8 Å². The van der Waals surface area contributed by atoms with Crippen molar-refractivity contribution in [3.8, 4) is 0 Å². The molecule has 3 aliphatic rings. The molecule has 1 N–H and O–H groups in total. The summed E-state index contributed by atoms with van der Waals surface area (Å²) in [5.41, 5.74) is 2.02. The van der Waals surface area contributed by atoms with Crippen LogP contribution in [0.5, 0.6) is 0 Å². The molecule has 0 unspecified atom stereocenters. The van der Waals surface area contributed by atoms with Crippen molar-refractivity contribution in [3.05, 3.63) is 70.9 Å². The summed E-state index contributed by atoms with van der Waals surface area (Å²) >= 11 is 0. The van der Waals surface area contributed by atoms with Gasteiger partial charge in [-0.1, -0.05) is 31.2 Å². The maximum absolute atomic E-state index is 13.6. The number of fused-ring (bicyclic) bond motifs is 1. The lowest BCUT2D eigenvalue weighted by Crippen LogP contribution is -2.81. The first-order valence-corrected chi connectivity index (χ1v) is 12.2. The van der Waals surface area contributed by atoms with Crippen molar-refractivity contribution in [3.63, 3.8) is 0 Å². The van der Waals surface area contributed by atoms with Gasteiger partial charge in [0.1, 0.15) is 0 Å². The van der Waals surface area contributed by atoms with E-state index in [1.54, 1.807) is 0 Å². The minimum Gasteiger partial charge on any atom is -0.469 e. The molecule has 190 valence electrons. The Kier molecular flexibility index (Phi) is 5.69. The fraction of sp³-hybridized carbons (Fsp3) is 0.429. The van der Waals surface area contributed by atoms with Gasteiger partial charge in [-0.15, -0.1) is 0 Å². The second kappa shape index (κ2) is 8.39. The number of alkyl halides is 3. The van der Waals surface area contributed by atoms with Crippen LogP contribution in [-0.2, 0) is 28.7 Å². The number of hydrogen-bond acceptors (Lipinski definition) is 3. The van der Waals surface area contributed by atoms with Crippen LogP contribution >= 0.6 is 0 Å². The number of nitrogens with one attached hydrogen (secondary N) is 1. The zero-order valence-electron chi connectivity index (χ0n) is 20.5. The largest absolute Gasteiger partial charge is 0.469 e. The Labute approximate surface area is 207 Å². The predicted octanol–water partition coefficient (Wildman–Crippen LogP) is 5.73. The second-order valence-corrected chi connectivity index (χ2v) is 10.3. The topological polar surface area (TPSA) is 60.3 Å². The summed E-state index contributed by atoms with van der Waals surface area (Å²) in [5, 5.41) is 4.08. The van der Waals surface area contributed by atoms with Crippen molar-refractivity contribution in [1.82, 2.24) is 9.88 Å². The highest BCUT2D eigenvalue weighted by molar-refractivity contribution is 6.08. The van der Waals surface area contributed by atoms with Crippen molar-refractivity contribution < 1.29 is 27.5 Å². The first kappa shape index (κ1) is 24.4. The van der Waals surface area contributed by atoms with Gasteiger partial charge in [0, 0.05) is 29.2 Å². The van der Waals surface area contributed by atoms with E-state index in [1.807, 2.05) is 35.9 Å². The standard InChI is InChI=1S/C28H29F3N2O3/c1-4-33-14-21(25(35)32-27-15-26(16-27,17(27)2)13-23(34)36-3)24-19(6-5-7-22(24)33)12-18-8-10-20(11-9-18)28(29,30)31/h5-11,14,17H,4,12-13,15-16H2,1-3H3,(H,32,35)/t17-,26?,27?/m0/s1. The van der Waals surface area contributed by atoms with Gasteiger partial charge in [0.15, 0.2) is 0 Å². The van der Waals surface area contributed by atoms with Crippen LogP contribution in [0.1, 0.15) is 60.2 Å². The average molecular weight is 499 g/mol. The molecular formula is C28H29F3N2O3. The summed E-state index contributed by atoms with van der Waals surface area (Å²) in [6, 6.07) is 11.0. The highest BCUT2D eigenvalue weighted by Crippen LogP contribution is 2.72. The zero-order valence-corrected chi connectivity index (χ0v) is 20.5. The van der Waals surface area contributed by atoms with Crippen molar-refractivity contribution in [2.45, 2.75) is 57.8 Å². The lowest BCUT2D eigenvalue weighted by atomic mass is 9.32. The van der Waals surface area contributed by atoms with E-state index in [0.29, 0.717) is 24.9 Å². The molecule has 0 spiro atoms. The van der Waals surface area contributed by atoms with E-state index < -0.39 is 11.7 Å². The van der Waals surface area contributed by atoms with Crippen LogP contribution in [0.15, 0.2) is 48.7 Å². The molecule has 36 heavy (non-hydrogen) atoms. The van der Waals surface area contributed by atoms with Gasteiger partial charge in [-0.2, -0.15) is 13.2 Å². The maximum Gasteiger partial charge on any atom is 0.416 e. The summed E-state index contributed by atoms with van der Waals surface area (Å²) in [7, 11) is 1.39. The highest BCUT2D eigenvalue weighted by atomic mass is 19.4. The quantitative estimate of drug-likeness (QED) is 0.423. The van der Waals surface area contributed by atoms with Crippen LogP contribution < -0.4 is 5.32 Å². The van der Waals surface area contributed by atoms with Gasteiger partial charge in [0.05, 0.1) is 24.7 Å². The van der Waals surface area contributed by atoms with E-state index in [1.165, 1.54) is 19.2 Å². The molecule has 8 heteroatoms. The average Bonchev–Trinajstić information content (AvgIpc) is 3.22. The molecule has 1 heterocycles. The molecule has 2 aromatic carbocycles. The summed E-state index contributed by atoms with van der Waals surface area (Å²) < 4.78 is 45.8. The van der Waals surface area contributed by atoms with E-state index in [0.717, 1.165) is 47.0 Å². The van der Waals surface area contributed by atoms with E-state index >= 15 is 0 Å². The number of esters is 1. The molecule has 3 saturated carbocycles. The molecule has 3 fully saturated rings. The van der Waals surface area contributed by atoms with Crippen molar-refractivity contribution in [1.29, 1.82) is 0 Å². The lowest BCUT2D eigenvalue weighted by molar-refractivity contribution is -0.223. The number of rotatable bonds is 7. The smallest absolute Gasteiger partial charge is 0.416 e. The monoisotopic (exact) mass is 498 g/mol. The zero-order chi connectivity index (χ0) is 25.9. The summed E-state index contributed by atoms with van der Waals surface area (Å²) in [5.74, 6) is -0.204.